The zero-order valence-corrected chi connectivity index (χ0v) is 8.76. The fraction of sp³-hybridized carbons (Fsp3) is 0.500. The lowest BCUT2D eigenvalue weighted by atomic mass is 10.1. The van der Waals surface area contributed by atoms with Gasteiger partial charge in [0.1, 0.15) is 0 Å². The Hall–Kier alpha value is -1.07. The predicted molar refractivity (Wildman–Crippen MR) is 54.5 cm³/mol. The second-order valence-electron chi connectivity index (χ2n) is 2.92. The SMILES string of the molecule is CC(=O)N1CC=C(C(=O)NN)CC1.Cl. The summed E-state index contributed by atoms with van der Waals surface area (Å²) in [6.45, 7) is 2.61. The van der Waals surface area contributed by atoms with Crippen LogP contribution in [-0.2, 0) is 9.59 Å². The summed E-state index contributed by atoms with van der Waals surface area (Å²) < 4.78 is 0. The number of rotatable bonds is 1. The van der Waals surface area contributed by atoms with Crippen molar-refractivity contribution in [2.75, 3.05) is 13.1 Å². The van der Waals surface area contributed by atoms with Crippen LogP contribution < -0.4 is 11.3 Å². The Kier molecular flexibility index (Phi) is 5.19. The van der Waals surface area contributed by atoms with E-state index in [1.807, 2.05) is 0 Å². The average Bonchev–Trinajstić information content (AvgIpc) is 2.17. The number of nitrogens with two attached hydrogens (primary N) is 1. The Labute approximate surface area is 88.7 Å². The number of hydrogen-bond donors (Lipinski definition) is 2. The molecule has 0 unspecified atom stereocenters. The van der Waals surface area contributed by atoms with Crippen molar-refractivity contribution in [2.24, 2.45) is 5.84 Å². The molecule has 0 fully saturated rings. The van der Waals surface area contributed by atoms with E-state index in [1.54, 1.807) is 11.0 Å². The topological polar surface area (TPSA) is 75.4 Å². The monoisotopic (exact) mass is 219 g/mol. The number of hydrazine groups is 1. The highest BCUT2D eigenvalue weighted by Crippen LogP contribution is 2.10. The predicted octanol–water partition coefficient (Wildman–Crippen LogP) is -0.423. The summed E-state index contributed by atoms with van der Waals surface area (Å²) in [5.74, 6) is 4.75. The molecule has 6 heteroatoms. The number of carbonyl (C=O) groups excluding carboxylic acids is 2. The van der Waals surface area contributed by atoms with Crippen molar-refractivity contribution >= 4 is 24.2 Å². The second-order valence-corrected chi connectivity index (χ2v) is 2.92. The quantitative estimate of drug-likeness (QED) is 0.357. The van der Waals surface area contributed by atoms with Crippen molar-refractivity contribution in [3.63, 3.8) is 0 Å². The molecular weight excluding hydrogens is 206 g/mol. The molecular formula is C8H14ClN3O2. The maximum atomic E-state index is 11.0. The van der Waals surface area contributed by atoms with Gasteiger partial charge < -0.3 is 4.90 Å². The van der Waals surface area contributed by atoms with Gasteiger partial charge in [-0.2, -0.15) is 0 Å². The maximum Gasteiger partial charge on any atom is 0.260 e. The van der Waals surface area contributed by atoms with Gasteiger partial charge in [0.15, 0.2) is 0 Å². The van der Waals surface area contributed by atoms with Gasteiger partial charge >= 0.3 is 0 Å². The first-order valence-corrected chi connectivity index (χ1v) is 4.10. The molecule has 80 valence electrons. The highest BCUT2D eigenvalue weighted by Gasteiger charge is 2.17. The summed E-state index contributed by atoms with van der Waals surface area (Å²) in [7, 11) is 0. The molecule has 0 bridgehead atoms. The van der Waals surface area contributed by atoms with Crippen LogP contribution in [-0.4, -0.2) is 29.8 Å². The van der Waals surface area contributed by atoms with Crippen molar-refractivity contribution in [1.29, 1.82) is 0 Å². The lowest BCUT2D eigenvalue weighted by molar-refractivity contribution is -0.129. The molecule has 14 heavy (non-hydrogen) atoms. The zero-order valence-electron chi connectivity index (χ0n) is 7.95. The van der Waals surface area contributed by atoms with Crippen molar-refractivity contribution in [3.8, 4) is 0 Å². The van der Waals surface area contributed by atoms with Crippen LogP contribution in [0.25, 0.3) is 0 Å². The molecule has 0 aromatic heterocycles. The van der Waals surface area contributed by atoms with Crippen LogP contribution in [0.4, 0.5) is 0 Å². The van der Waals surface area contributed by atoms with Gasteiger partial charge in [-0.3, -0.25) is 15.0 Å². The molecule has 0 radical (unpaired) electrons. The van der Waals surface area contributed by atoms with E-state index in [9.17, 15) is 9.59 Å². The Morgan fingerprint density at radius 3 is 2.57 bits per heavy atom. The molecule has 0 atom stereocenters. The van der Waals surface area contributed by atoms with Crippen LogP contribution in [0.1, 0.15) is 13.3 Å². The number of carbonyl (C=O) groups is 2. The number of nitrogens with one attached hydrogen (secondary N) is 1. The van der Waals surface area contributed by atoms with Crippen LogP contribution in [0, 0.1) is 0 Å². The minimum atomic E-state index is -0.261. The Balaban J connectivity index is 0.00000169. The van der Waals surface area contributed by atoms with Gasteiger partial charge in [0.05, 0.1) is 0 Å². The molecule has 0 saturated carbocycles. The molecule has 0 spiro atoms. The van der Waals surface area contributed by atoms with E-state index in [2.05, 4.69) is 5.43 Å². The van der Waals surface area contributed by atoms with Gasteiger partial charge in [-0.1, -0.05) is 6.08 Å². The van der Waals surface area contributed by atoms with Gasteiger partial charge in [-0.25, -0.2) is 5.84 Å². The minimum absolute atomic E-state index is 0. The summed E-state index contributed by atoms with van der Waals surface area (Å²) in [6, 6.07) is 0. The normalized spacial score (nSPS) is 15.3. The smallest absolute Gasteiger partial charge is 0.260 e. The maximum absolute atomic E-state index is 11.0. The van der Waals surface area contributed by atoms with Crippen molar-refractivity contribution < 1.29 is 9.59 Å². The molecule has 1 aliphatic heterocycles. The van der Waals surface area contributed by atoms with E-state index in [0.717, 1.165) is 0 Å². The minimum Gasteiger partial charge on any atom is -0.339 e. The molecule has 0 aromatic rings. The number of halogens is 1. The molecule has 2 amide bonds. The van der Waals surface area contributed by atoms with Crippen LogP contribution in [0.5, 0.6) is 0 Å². The summed E-state index contributed by atoms with van der Waals surface area (Å²) in [5, 5.41) is 0. The Bertz CT molecular complexity index is 265. The third-order valence-electron chi connectivity index (χ3n) is 2.08. The number of amides is 2. The summed E-state index contributed by atoms with van der Waals surface area (Å²) in [6.07, 6.45) is 2.30. The second kappa shape index (κ2) is 5.62. The van der Waals surface area contributed by atoms with E-state index < -0.39 is 0 Å². The van der Waals surface area contributed by atoms with Gasteiger partial charge in [0.2, 0.25) is 5.91 Å². The molecule has 0 aromatic carbocycles. The van der Waals surface area contributed by atoms with E-state index in [4.69, 9.17) is 5.84 Å². The van der Waals surface area contributed by atoms with Gasteiger partial charge in [0.25, 0.3) is 5.91 Å². The van der Waals surface area contributed by atoms with E-state index >= 15 is 0 Å². The van der Waals surface area contributed by atoms with Gasteiger partial charge in [-0.15, -0.1) is 12.4 Å². The highest BCUT2D eigenvalue weighted by molar-refractivity contribution is 5.93. The highest BCUT2D eigenvalue weighted by atomic mass is 35.5. The first-order valence-electron chi connectivity index (χ1n) is 4.10. The van der Waals surface area contributed by atoms with Crippen molar-refractivity contribution in [3.05, 3.63) is 11.6 Å². The molecule has 1 aliphatic rings. The summed E-state index contributed by atoms with van der Waals surface area (Å²) in [5.41, 5.74) is 2.72. The van der Waals surface area contributed by atoms with Gasteiger partial charge in [-0.05, 0) is 6.42 Å². The largest absolute Gasteiger partial charge is 0.339 e. The zero-order chi connectivity index (χ0) is 9.84. The molecule has 3 N–H and O–H groups in total. The van der Waals surface area contributed by atoms with Crippen LogP contribution in [0.15, 0.2) is 11.6 Å². The number of hydrogen-bond acceptors (Lipinski definition) is 3. The van der Waals surface area contributed by atoms with Gasteiger partial charge in [0, 0.05) is 25.6 Å². The standard InChI is InChI=1S/C8H13N3O2.ClH/c1-6(12)11-4-2-7(3-5-11)8(13)10-9;/h2H,3-5,9H2,1H3,(H,10,13);1H. The van der Waals surface area contributed by atoms with E-state index in [-0.39, 0.29) is 24.2 Å². The molecule has 5 nitrogen and oxygen atoms in total. The Morgan fingerprint density at radius 1 is 1.57 bits per heavy atom. The van der Waals surface area contributed by atoms with Crippen LogP contribution in [0.2, 0.25) is 0 Å². The average molecular weight is 220 g/mol. The third kappa shape index (κ3) is 3.01. The number of nitrogens with zero attached hydrogens (tertiary/aromatic N) is 1. The third-order valence-corrected chi connectivity index (χ3v) is 2.08. The summed E-state index contributed by atoms with van der Waals surface area (Å²) >= 11 is 0. The first kappa shape index (κ1) is 12.9. The fourth-order valence-corrected chi connectivity index (χ4v) is 1.25. The molecule has 1 heterocycles. The molecule has 1 rings (SSSR count). The van der Waals surface area contributed by atoms with Crippen LogP contribution >= 0.6 is 12.4 Å². The van der Waals surface area contributed by atoms with Crippen molar-refractivity contribution in [2.45, 2.75) is 13.3 Å². The first-order chi connectivity index (χ1) is 6.15. The summed E-state index contributed by atoms with van der Waals surface area (Å²) in [4.78, 5) is 23.6. The van der Waals surface area contributed by atoms with E-state index in [0.29, 0.717) is 25.1 Å². The molecule has 0 aliphatic carbocycles. The fourth-order valence-electron chi connectivity index (χ4n) is 1.25. The Morgan fingerprint density at radius 2 is 2.21 bits per heavy atom. The van der Waals surface area contributed by atoms with Crippen LogP contribution in [0.3, 0.4) is 0 Å². The lowest BCUT2D eigenvalue weighted by Gasteiger charge is -2.24. The van der Waals surface area contributed by atoms with Crippen molar-refractivity contribution in [1.82, 2.24) is 10.3 Å². The lowest BCUT2D eigenvalue weighted by Crippen LogP contribution is -2.38. The molecule has 0 saturated heterocycles. The van der Waals surface area contributed by atoms with E-state index in [1.165, 1.54) is 6.92 Å².